The van der Waals surface area contributed by atoms with E-state index in [2.05, 4.69) is 38.9 Å². The van der Waals surface area contributed by atoms with Gasteiger partial charge in [-0.25, -0.2) is 4.98 Å². The summed E-state index contributed by atoms with van der Waals surface area (Å²) in [6.07, 6.45) is 4.91. The van der Waals surface area contributed by atoms with Gasteiger partial charge in [-0.2, -0.15) is 16.7 Å². The third-order valence-corrected chi connectivity index (χ3v) is 6.60. The van der Waals surface area contributed by atoms with Crippen molar-refractivity contribution in [3.05, 3.63) is 18.0 Å². The Kier molecular flexibility index (Phi) is 5.51. The minimum absolute atomic E-state index is 0.156. The Morgan fingerprint density at radius 1 is 1.43 bits per heavy atom. The van der Waals surface area contributed by atoms with Crippen molar-refractivity contribution in [3.8, 4) is 5.75 Å². The number of hydrogen-bond donors (Lipinski definition) is 2. The molecule has 9 heteroatoms. The topological polar surface area (TPSA) is 101 Å². The molecule has 0 aliphatic carbocycles. The van der Waals surface area contributed by atoms with Crippen LogP contribution in [0.5, 0.6) is 5.75 Å². The minimum atomic E-state index is -0.291. The lowest BCUT2D eigenvalue weighted by molar-refractivity contribution is 0.00707. The first kappa shape index (κ1) is 20.7. The highest BCUT2D eigenvalue weighted by molar-refractivity contribution is 7.99. The van der Waals surface area contributed by atoms with E-state index in [9.17, 15) is 0 Å². The van der Waals surface area contributed by atoms with E-state index < -0.39 is 0 Å². The standard InChI is InChI=1S/C19H30N6O2S/c1-12-9-26-10-19(4)11-27-14-15(18(2,3)28-6)22-17(23-16(14)25(12)19)24(5)13(21)7-8-20/h7-8,12,21H,9-11,20H2,1-6H3/t12-,19+/m1/s1. The molecule has 0 radical (unpaired) electrons. The van der Waals surface area contributed by atoms with Crippen LogP contribution in [0.15, 0.2) is 12.3 Å². The molecule has 1 saturated heterocycles. The SMILES string of the molecule is CSC(C)(C)c1nc(N(C)C(=N)C=CN)nc2c1OC[C@]1(C)COC[C@@H](C)N21. The summed E-state index contributed by atoms with van der Waals surface area (Å²) < 4.78 is 11.8. The first-order valence-corrected chi connectivity index (χ1v) is 10.5. The van der Waals surface area contributed by atoms with Crippen LogP contribution >= 0.6 is 11.8 Å². The molecule has 0 aromatic carbocycles. The van der Waals surface area contributed by atoms with Gasteiger partial charge >= 0.3 is 0 Å². The van der Waals surface area contributed by atoms with Crippen LogP contribution in [0.3, 0.4) is 0 Å². The van der Waals surface area contributed by atoms with E-state index in [1.54, 1.807) is 23.7 Å². The van der Waals surface area contributed by atoms with Crippen LogP contribution in [0, 0.1) is 5.41 Å². The van der Waals surface area contributed by atoms with Crippen LogP contribution in [-0.2, 0) is 9.48 Å². The molecule has 0 saturated carbocycles. The van der Waals surface area contributed by atoms with Gasteiger partial charge in [0.25, 0.3) is 0 Å². The number of ether oxygens (including phenoxy) is 2. The van der Waals surface area contributed by atoms with E-state index in [4.69, 9.17) is 30.6 Å². The molecule has 154 valence electrons. The Bertz CT molecular complexity index is 799. The zero-order chi connectivity index (χ0) is 20.7. The molecule has 1 aromatic heterocycles. The number of anilines is 2. The summed E-state index contributed by atoms with van der Waals surface area (Å²) in [6.45, 7) is 10.2. The fourth-order valence-corrected chi connectivity index (χ4v) is 3.95. The molecule has 28 heavy (non-hydrogen) atoms. The Morgan fingerprint density at radius 3 is 2.79 bits per heavy atom. The van der Waals surface area contributed by atoms with Crippen molar-refractivity contribution >= 4 is 29.4 Å². The molecule has 2 atom stereocenters. The molecule has 0 unspecified atom stereocenters. The second kappa shape index (κ2) is 7.44. The van der Waals surface area contributed by atoms with Gasteiger partial charge in [-0.1, -0.05) is 0 Å². The lowest BCUT2D eigenvalue weighted by Crippen LogP contribution is -2.64. The molecule has 3 heterocycles. The maximum atomic E-state index is 8.21. The smallest absolute Gasteiger partial charge is 0.233 e. The maximum Gasteiger partial charge on any atom is 0.233 e. The summed E-state index contributed by atoms with van der Waals surface area (Å²) in [5.74, 6) is 2.15. The van der Waals surface area contributed by atoms with E-state index in [1.165, 1.54) is 12.3 Å². The van der Waals surface area contributed by atoms with Crippen LogP contribution in [0.2, 0.25) is 0 Å². The van der Waals surface area contributed by atoms with Gasteiger partial charge in [0, 0.05) is 7.05 Å². The zero-order valence-electron chi connectivity index (χ0n) is 17.4. The molecule has 2 aliphatic rings. The molecule has 3 N–H and O–H groups in total. The second-order valence-corrected chi connectivity index (χ2v) is 9.49. The van der Waals surface area contributed by atoms with Crippen LogP contribution in [0.25, 0.3) is 0 Å². The highest BCUT2D eigenvalue weighted by Gasteiger charge is 2.47. The van der Waals surface area contributed by atoms with E-state index in [-0.39, 0.29) is 22.2 Å². The van der Waals surface area contributed by atoms with Crippen LogP contribution in [0.4, 0.5) is 11.8 Å². The molecule has 1 aromatic rings. The highest BCUT2D eigenvalue weighted by Crippen LogP contribution is 2.47. The zero-order valence-corrected chi connectivity index (χ0v) is 18.3. The summed E-state index contributed by atoms with van der Waals surface area (Å²) >= 11 is 1.70. The second-order valence-electron chi connectivity index (χ2n) is 8.06. The number of morpholine rings is 1. The fourth-order valence-electron chi connectivity index (χ4n) is 3.62. The first-order valence-electron chi connectivity index (χ1n) is 9.32. The van der Waals surface area contributed by atoms with E-state index in [0.29, 0.717) is 25.8 Å². The van der Waals surface area contributed by atoms with Crippen LogP contribution in [-0.4, -0.2) is 60.5 Å². The van der Waals surface area contributed by atoms with Gasteiger partial charge < -0.3 is 20.1 Å². The number of nitrogens with zero attached hydrogens (tertiary/aromatic N) is 4. The van der Waals surface area contributed by atoms with Gasteiger partial charge in [-0.15, -0.1) is 0 Å². The highest BCUT2D eigenvalue weighted by atomic mass is 32.2. The number of hydrogen-bond acceptors (Lipinski definition) is 8. The molecular formula is C19H30N6O2S. The van der Waals surface area contributed by atoms with Crippen molar-refractivity contribution in [1.29, 1.82) is 5.41 Å². The van der Waals surface area contributed by atoms with Crippen molar-refractivity contribution in [2.75, 3.05) is 42.9 Å². The Hall–Kier alpha value is -2.00. The Balaban J connectivity index is 2.21. The maximum absolute atomic E-state index is 8.21. The summed E-state index contributed by atoms with van der Waals surface area (Å²) in [5.41, 5.74) is 6.00. The number of likely N-dealkylation sites (N-methyl/N-ethyl adjacent to an activating group) is 1. The number of thioether (sulfide) groups is 1. The van der Waals surface area contributed by atoms with Gasteiger partial charge in [0.1, 0.15) is 18.1 Å². The summed E-state index contributed by atoms with van der Waals surface area (Å²) in [6, 6.07) is 0.156. The molecular weight excluding hydrogens is 376 g/mol. The average molecular weight is 407 g/mol. The predicted molar refractivity (Wildman–Crippen MR) is 115 cm³/mol. The number of fused-ring (bicyclic) bond motifs is 3. The van der Waals surface area contributed by atoms with Gasteiger partial charge in [-0.3, -0.25) is 10.3 Å². The van der Waals surface area contributed by atoms with E-state index in [1.807, 2.05) is 0 Å². The Morgan fingerprint density at radius 2 is 2.14 bits per heavy atom. The number of aromatic nitrogens is 2. The number of amidine groups is 1. The third kappa shape index (κ3) is 3.41. The molecule has 8 nitrogen and oxygen atoms in total. The quantitative estimate of drug-likeness (QED) is 0.580. The summed E-state index contributed by atoms with van der Waals surface area (Å²) in [5, 5.41) is 8.21. The van der Waals surface area contributed by atoms with Gasteiger partial charge in [0.05, 0.1) is 29.5 Å². The minimum Gasteiger partial charge on any atom is -0.485 e. The summed E-state index contributed by atoms with van der Waals surface area (Å²) in [7, 11) is 1.77. The van der Waals surface area contributed by atoms with Crippen molar-refractivity contribution in [1.82, 2.24) is 9.97 Å². The predicted octanol–water partition coefficient (Wildman–Crippen LogP) is 2.34. The summed E-state index contributed by atoms with van der Waals surface area (Å²) in [4.78, 5) is 13.6. The molecule has 3 rings (SSSR count). The van der Waals surface area contributed by atoms with Gasteiger partial charge in [0.15, 0.2) is 11.6 Å². The number of rotatable bonds is 4. The normalized spacial score (nSPS) is 24.5. The molecule has 0 bridgehead atoms. The first-order chi connectivity index (χ1) is 13.1. The molecule has 0 spiro atoms. The average Bonchev–Trinajstić information content (AvgIpc) is 2.66. The number of nitrogens with one attached hydrogen (secondary N) is 1. The fraction of sp³-hybridized carbons (Fsp3) is 0.632. The van der Waals surface area contributed by atoms with Crippen molar-refractivity contribution < 1.29 is 9.47 Å². The monoisotopic (exact) mass is 406 g/mol. The van der Waals surface area contributed by atoms with Crippen molar-refractivity contribution in [2.45, 2.75) is 44.0 Å². The Labute approximate surface area is 171 Å². The lowest BCUT2D eigenvalue weighted by atomic mass is 9.95. The van der Waals surface area contributed by atoms with Crippen LogP contribution in [0.1, 0.15) is 33.4 Å². The largest absolute Gasteiger partial charge is 0.485 e. The van der Waals surface area contributed by atoms with E-state index in [0.717, 1.165) is 17.3 Å². The molecule has 1 fully saturated rings. The number of nitrogens with two attached hydrogens (primary N) is 1. The van der Waals surface area contributed by atoms with Gasteiger partial charge in [0.2, 0.25) is 5.95 Å². The van der Waals surface area contributed by atoms with E-state index >= 15 is 0 Å². The molecule has 2 aliphatic heterocycles. The lowest BCUT2D eigenvalue weighted by Gasteiger charge is -2.52. The van der Waals surface area contributed by atoms with Crippen molar-refractivity contribution in [2.24, 2.45) is 5.73 Å². The van der Waals surface area contributed by atoms with Crippen LogP contribution < -0.4 is 20.3 Å². The third-order valence-electron chi connectivity index (χ3n) is 5.38. The van der Waals surface area contributed by atoms with Gasteiger partial charge in [-0.05, 0) is 46.2 Å². The molecule has 0 amide bonds. The van der Waals surface area contributed by atoms with Crippen molar-refractivity contribution in [3.63, 3.8) is 0 Å².